The first kappa shape index (κ1) is 12.3. The first-order valence-electron chi connectivity index (χ1n) is 6.27. The van der Waals surface area contributed by atoms with Gasteiger partial charge in [0.1, 0.15) is 5.76 Å². The van der Waals surface area contributed by atoms with Crippen molar-refractivity contribution in [2.24, 2.45) is 0 Å². The molecule has 3 aromatic rings. The summed E-state index contributed by atoms with van der Waals surface area (Å²) in [6.07, 6.45) is 1.57. The van der Waals surface area contributed by atoms with E-state index in [1.807, 2.05) is 25.1 Å². The predicted octanol–water partition coefficient (Wildman–Crippen LogP) is 2.46. The van der Waals surface area contributed by atoms with Gasteiger partial charge in [-0.1, -0.05) is 11.6 Å². The van der Waals surface area contributed by atoms with Gasteiger partial charge in [0.15, 0.2) is 5.69 Å². The second-order valence-corrected chi connectivity index (χ2v) is 4.55. The second-order valence-electron chi connectivity index (χ2n) is 4.55. The van der Waals surface area contributed by atoms with Crippen LogP contribution < -0.4 is 5.32 Å². The number of nitrogens with zero attached hydrogens (tertiary/aromatic N) is 2. The van der Waals surface area contributed by atoms with Crippen molar-refractivity contribution in [3.8, 4) is 0 Å². The molecule has 0 aliphatic carbocycles. The number of carbonyl (C=O) groups excluding carboxylic acids is 1. The zero-order chi connectivity index (χ0) is 13.9. The molecule has 2 heterocycles. The van der Waals surface area contributed by atoms with E-state index in [2.05, 4.69) is 15.5 Å². The molecule has 1 amide bonds. The van der Waals surface area contributed by atoms with Gasteiger partial charge < -0.3 is 9.73 Å². The van der Waals surface area contributed by atoms with Crippen molar-refractivity contribution in [3.63, 3.8) is 0 Å². The Balaban J connectivity index is 1.80. The first-order valence-corrected chi connectivity index (χ1v) is 6.27. The van der Waals surface area contributed by atoms with Crippen molar-refractivity contribution in [2.45, 2.75) is 13.5 Å². The number of amides is 1. The zero-order valence-electron chi connectivity index (χ0n) is 11.0. The fourth-order valence-electron chi connectivity index (χ4n) is 1.95. The highest BCUT2D eigenvalue weighted by Crippen LogP contribution is 2.13. The summed E-state index contributed by atoms with van der Waals surface area (Å²) in [7, 11) is 0. The maximum Gasteiger partial charge on any atom is 0.272 e. The lowest BCUT2D eigenvalue weighted by Crippen LogP contribution is -2.23. The van der Waals surface area contributed by atoms with E-state index in [-0.39, 0.29) is 5.91 Å². The zero-order valence-corrected chi connectivity index (χ0v) is 11.0. The van der Waals surface area contributed by atoms with E-state index in [0.29, 0.717) is 18.0 Å². The lowest BCUT2D eigenvalue weighted by atomic mass is 10.1. The smallest absolute Gasteiger partial charge is 0.272 e. The molecule has 0 atom stereocenters. The highest BCUT2D eigenvalue weighted by atomic mass is 16.3. The fourth-order valence-corrected chi connectivity index (χ4v) is 1.95. The molecule has 0 saturated carbocycles. The number of carbonyl (C=O) groups is 1. The monoisotopic (exact) mass is 267 g/mol. The number of aryl methyl sites for hydroxylation is 1. The van der Waals surface area contributed by atoms with Crippen LogP contribution in [0, 0.1) is 6.92 Å². The molecule has 5 nitrogen and oxygen atoms in total. The van der Waals surface area contributed by atoms with Crippen LogP contribution in [-0.4, -0.2) is 16.1 Å². The van der Waals surface area contributed by atoms with Crippen molar-refractivity contribution < 1.29 is 9.21 Å². The van der Waals surface area contributed by atoms with Gasteiger partial charge in [0.05, 0.1) is 18.3 Å². The minimum absolute atomic E-state index is 0.266. The number of hydrogen-bond acceptors (Lipinski definition) is 4. The fraction of sp³-hybridized carbons (Fsp3) is 0.133. The number of furan rings is 1. The van der Waals surface area contributed by atoms with Crippen LogP contribution >= 0.6 is 0 Å². The topological polar surface area (TPSA) is 68.0 Å². The van der Waals surface area contributed by atoms with E-state index in [4.69, 9.17) is 4.42 Å². The molecule has 0 fully saturated rings. The SMILES string of the molecule is Cc1ccc2nnc(C(=O)NCc3ccco3)cc2c1. The van der Waals surface area contributed by atoms with Crippen LogP contribution in [0.3, 0.4) is 0 Å². The number of fused-ring (bicyclic) bond motifs is 1. The number of rotatable bonds is 3. The van der Waals surface area contributed by atoms with Crippen LogP contribution in [0.25, 0.3) is 10.9 Å². The Kier molecular flexibility index (Phi) is 3.16. The highest BCUT2D eigenvalue weighted by Gasteiger charge is 2.09. The van der Waals surface area contributed by atoms with Crippen LogP contribution in [0.5, 0.6) is 0 Å². The van der Waals surface area contributed by atoms with Crippen LogP contribution in [0.2, 0.25) is 0 Å². The van der Waals surface area contributed by atoms with Gasteiger partial charge in [-0.25, -0.2) is 0 Å². The summed E-state index contributed by atoms with van der Waals surface area (Å²) >= 11 is 0. The summed E-state index contributed by atoms with van der Waals surface area (Å²) in [6, 6.07) is 11.2. The molecule has 0 saturated heterocycles. The van der Waals surface area contributed by atoms with Crippen LogP contribution in [0.15, 0.2) is 47.1 Å². The third kappa shape index (κ3) is 2.51. The Labute approximate surface area is 115 Å². The molecule has 0 radical (unpaired) electrons. The number of benzene rings is 1. The van der Waals surface area contributed by atoms with E-state index in [0.717, 1.165) is 16.5 Å². The molecule has 2 aromatic heterocycles. The lowest BCUT2D eigenvalue weighted by molar-refractivity contribution is 0.0942. The molecular formula is C15H13N3O2. The lowest BCUT2D eigenvalue weighted by Gasteiger charge is -2.04. The molecule has 0 spiro atoms. The second kappa shape index (κ2) is 5.13. The number of hydrogen-bond donors (Lipinski definition) is 1. The van der Waals surface area contributed by atoms with Crippen molar-refractivity contribution in [2.75, 3.05) is 0 Å². The predicted molar refractivity (Wildman–Crippen MR) is 74.2 cm³/mol. The Morgan fingerprint density at radius 2 is 2.15 bits per heavy atom. The quantitative estimate of drug-likeness (QED) is 0.791. The summed E-state index contributed by atoms with van der Waals surface area (Å²) in [6.45, 7) is 2.33. The van der Waals surface area contributed by atoms with Gasteiger partial charge >= 0.3 is 0 Å². The molecule has 0 aliphatic rings. The van der Waals surface area contributed by atoms with Gasteiger partial charge in [-0.3, -0.25) is 4.79 Å². The number of nitrogens with one attached hydrogen (secondary N) is 1. The van der Waals surface area contributed by atoms with Crippen molar-refractivity contribution >= 4 is 16.8 Å². The average Bonchev–Trinajstić information content (AvgIpc) is 2.97. The Morgan fingerprint density at radius 1 is 1.25 bits per heavy atom. The maximum absolute atomic E-state index is 12.0. The Bertz CT molecular complexity index is 751. The first-order chi connectivity index (χ1) is 9.72. The maximum atomic E-state index is 12.0. The third-order valence-electron chi connectivity index (χ3n) is 2.98. The normalized spacial score (nSPS) is 10.7. The molecule has 100 valence electrons. The highest BCUT2D eigenvalue weighted by molar-refractivity contribution is 5.95. The Morgan fingerprint density at radius 3 is 2.95 bits per heavy atom. The standard InChI is InChI=1S/C15H13N3O2/c1-10-4-5-13-11(7-10)8-14(18-17-13)15(19)16-9-12-3-2-6-20-12/h2-8H,9H2,1H3,(H,16,19). The van der Waals surface area contributed by atoms with Crippen LogP contribution in [0.4, 0.5) is 0 Å². The van der Waals surface area contributed by atoms with Gasteiger partial charge in [0.25, 0.3) is 5.91 Å². The minimum Gasteiger partial charge on any atom is -0.467 e. The Hall–Kier alpha value is -2.69. The molecule has 1 aromatic carbocycles. The summed E-state index contributed by atoms with van der Waals surface area (Å²) in [5.74, 6) is 0.431. The molecule has 20 heavy (non-hydrogen) atoms. The van der Waals surface area contributed by atoms with Crippen LogP contribution in [-0.2, 0) is 6.54 Å². The summed E-state index contributed by atoms with van der Waals surface area (Å²) < 4.78 is 5.15. The van der Waals surface area contributed by atoms with E-state index in [9.17, 15) is 4.79 Å². The summed E-state index contributed by atoms with van der Waals surface area (Å²) in [5.41, 5.74) is 2.19. The van der Waals surface area contributed by atoms with Gasteiger partial charge in [0, 0.05) is 5.39 Å². The van der Waals surface area contributed by atoms with E-state index in [1.54, 1.807) is 24.5 Å². The van der Waals surface area contributed by atoms with Gasteiger partial charge in [-0.05, 0) is 37.3 Å². The van der Waals surface area contributed by atoms with Crippen LogP contribution in [0.1, 0.15) is 21.8 Å². The molecule has 0 aliphatic heterocycles. The molecule has 1 N–H and O–H groups in total. The molecular weight excluding hydrogens is 254 g/mol. The van der Waals surface area contributed by atoms with Crippen molar-refractivity contribution in [1.29, 1.82) is 0 Å². The minimum atomic E-state index is -0.266. The molecule has 5 heteroatoms. The molecule has 0 bridgehead atoms. The largest absolute Gasteiger partial charge is 0.467 e. The van der Waals surface area contributed by atoms with Crippen molar-refractivity contribution in [3.05, 3.63) is 59.7 Å². The van der Waals surface area contributed by atoms with E-state index < -0.39 is 0 Å². The molecule has 3 rings (SSSR count). The summed E-state index contributed by atoms with van der Waals surface area (Å²) in [5, 5.41) is 11.6. The molecule has 0 unspecified atom stereocenters. The van der Waals surface area contributed by atoms with Gasteiger partial charge in [-0.2, -0.15) is 0 Å². The van der Waals surface area contributed by atoms with Crippen molar-refractivity contribution in [1.82, 2.24) is 15.5 Å². The van der Waals surface area contributed by atoms with E-state index in [1.165, 1.54) is 0 Å². The summed E-state index contributed by atoms with van der Waals surface area (Å²) in [4.78, 5) is 12.0. The van der Waals surface area contributed by atoms with Gasteiger partial charge in [0.2, 0.25) is 0 Å². The number of aromatic nitrogens is 2. The van der Waals surface area contributed by atoms with E-state index >= 15 is 0 Å². The third-order valence-corrected chi connectivity index (χ3v) is 2.98. The van der Waals surface area contributed by atoms with Gasteiger partial charge in [-0.15, -0.1) is 10.2 Å². The average molecular weight is 267 g/mol.